The van der Waals surface area contributed by atoms with Gasteiger partial charge in [0, 0.05) is 12.6 Å². The van der Waals surface area contributed by atoms with E-state index in [1.165, 1.54) is 15.9 Å². The highest BCUT2D eigenvalue weighted by Crippen LogP contribution is 2.36. The largest absolute Gasteiger partial charge is 0.486 e. The van der Waals surface area contributed by atoms with Crippen LogP contribution in [-0.2, 0) is 16.1 Å². The van der Waals surface area contributed by atoms with Gasteiger partial charge in [0.15, 0.2) is 11.6 Å². The molecule has 4 rings (SSSR count). The number of carbonyl (C=O) groups is 3. The zero-order valence-corrected chi connectivity index (χ0v) is 21.4. The Labute approximate surface area is 219 Å². The molecule has 4 atom stereocenters. The number of nitrogens with zero attached hydrogens (tertiary/aromatic N) is 2. The van der Waals surface area contributed by atoms with Crippen LogP contribution in [0, 0.1) is 17.0 Å². The van der Waals surface area contributed by atoms with E-state index in [1.807, 2.05) is 30.3 Å². The van der Waals surface area contributed by atoms with Gasteiger partial charge in [-0.2, -0.15) is 0 Å². The Morgan fingerprint density at radius 2 is 1.79 bits per heavy atom. The molecule has 2 fully saturated rings. The highest BCUT2D eigenvalue weighted by Gasteiger charge is 2.54. The predicted molar refractivity (Wildman–Crippen MR) is 132 cm³/mol. The van der Waals surface area contributed by atoms with Gasteiger partial charge >= 0.3 is 12.2 Å². The number of nitrogens with one attached hydrogen (secondary N) is 1. The lowest BCUT2D eigenvalue weighted by atomic mass is 9.85. The van der Waals surface area contributed by atoms with Crippen molar-refractivity contribution >= 4 is 18.1 Å². The van der Waals surface area contributed by atoms with Gasteiger partial charge in [0.1, 0.15) is 24.5 Å². The second-order valence-corrected chi connectivity index (χ2v) is 10.6. The van der Waals surface area contributed by atoms with Crippen molar-refractivity contribution in [3.8, 4) is 5.75 Å². The van der Waals surface area contributed by atoms with Crippen LogP contribution in [0.1, 0.15) is 32.8 Å². The van der Waals surface area contributed by atoms with Gasteiger partial charge in [-0.1, -0.05) is 51.1 Å². The SMILES string of the molecule is CC(C)(C)[C@H](NC(=O)OCc1ccccc1)C(=O)N1CC[C@@H]2[C@H]1[C@@H](Oc1ccc(F)c(F)c1)CN2C(=O)O. The van der Waals surface area contributed by atoms with Crippen molar-refractivity contribution < 1.29 is 37.7 Å². The van der Waals surface area contributed by atoms with Crippen LogP contribution in [0.25, 0.3) is 0 Å². The summed E-state index contributed by atoms with van der Waals surface area (Å²) in [6, 6.07) is 9.96. The molecular weight excluding hydrogens is 500 g/mol. The minimum Gasteiger partial charge on any atom is -0.486 e. The van der Waals surface area contributed by atoms with Crippen LogP contribution in [0.2, 0.25) is 0 Å². The molecule has 9 nitrogen and oxygen atoms in total. The summed E-state index contributed by atoms with van der Waals surface area (Å²) < 4.78 is 38.4. The third-order valence-corrected chi connectivity index (χ3v) is 6.87. The van der Waals surface area contributed by atoms with Gasteiger partial charge in [0.2, 0.25) is 5.91 Å². The number of rotatable bonds is 6. The Hall–Kier alpha value is -3.89. The van der Waals surface area contributed by atoms with Crippen LogP contribution in [-0.4, -0.2) is 70.3 Å². The number of halogens is 2. The Bertz CT molecular complexity index is 1190. The van der Waals surface area contributed by atoms with Crippen molar-refractivity contribution in [3.63, 3.8) is 0 Å². The van der Waals surface area contributed by atoms with Crippen molar-refractivity contribution in [3.05, 3.63) is 65.7 Å². The highest BCUT2D eigenvalue weighted by atomic mass is 19.2. The lowest BCUT2D eigenvalue weighted by Gasteiger charge is -2.36. The molecule has 2 aromatic rings. The molecule has 2 heterocycles. The van der Waals surface area contributed by atoms with Gasteiger partial charge in [-0.15, -0.1) is 0 Å². The van der Waals surface area contributed by atoms with E-state index in [4.69, 9.17) is 9.47 Å². The molecule has 2 aliphatic heterocycles. The summed E-state index contributed by atoms with van der Waals surface area (Å²) in [6.45, 7) is 5.61. The maximum absolute atomic E-state index is 13.8. The van der Waals surface area contributed by atoms with E-state index in [0.717, 1.165) is 17.7 Å². The molecule has 2 aromatic carbocycles. The maximum atomic E-state index is 13.8. The molecule has 0 saturated carbocycles. The smallest absolute Gasteiger partial charge is 0.408 e. The van der Waals surface area contributed by atoms with Crippen molar-refractivity contribution in [2.75, 3.05) is 13.1 Å². The monoisotopic (exact) mass is 531 g/mol. The van der Waals surface area contributed by atoms with E-state index in [2.05, 4.69) is 5.32 Å². The van der Waals surface area contributed by atoms with E-state index in [0.29, 0.717) is 6.42 Å². The van der Waals surface area contributed by atoms with Crippen molar-refractivity contribution in [1.29, 1.82) is 0 Å². The molecule has 38 heavy (non-hydrogen) atoms. The minimum atomic E-state index is -1.17. The first-order chi connectivity index (χ1) is 18.0. The quantitative estimate of drug-likeness (QED) is 0.583. The molecule has 0 aromatic heterocycles. The number of hydrogen-bond acceptors (Lipinski definition) is 5. The average Bonchev–Trinajstić information content (AvgIpc) is 3.44. The van der Waals surface area contributed by atoms with Crippen LogP contribution in [0.5, 0.6) is 5.75 Å². The topological polar surface area (TPSA) is 108 Å². The minimum absolute atomic E-state index is 0.0224. The molecule has 11 heteroatoms. The fourth-order valence-corrected chi connectivity index (χ4v) is 5.03. The fourth-order valence-electron chi connectivity index (χ4n) is 5.03. The summed E-state index contributed by atoms with van der Waals surface area (Å²) in [5.41, 5.74) is 0.0863. The molecule has 0 aliphatic carbocycles. The number of carbonyl (C=O) groups excluding carboxylic acids is 2. The van der Waals surface area contributed by atoms with Gasteiger partial charge in [0.05, 0.1) is 18.6 Å². The zero-order chi connectivity index (χ0) is 27.6. The van der Waals surface area contributed by atoms with Crippen molar-refractivity contribution in [2.24, 2.45) is 5.41 Å². The van der Waals surface area contributed by atoms with Crippen LogP contribution >= 0.6 is 0 Å². The normalized spacial score (nSPS) is 21.6. The standard InChI is InChI=1S/C27H31F2N3O6/c1-27(2,3)23(30-25(34)37-15-16-7-5-4-6-8-16)24(33)31-12-11-20-22(31)21(14-32(20)26(35)36)38-17-9-10-18(28)19(29)13-17/h4-10,13,20-23H,11-12,14-15H2,1-3H3,(H,30,34)(H,35,36)/t20-,21+,22+,23-/m1/s1. The Kier molecular flexibility index (Phi) is 7.75. The van der Waals surface area contributed by atoms with Crippen LogP contribution in [0.4, 0.5) is 18.4 Å². The van der Waals surface area contributed by atoms with E-state index in [-0.39, 0.29) is 25.4 Å². The van der Waals surface area contributed by atoms with Crippen LogP contribution in [0.3, 0.4) is 0 Å². The molecule has 2 N–H and O–H groups in total. The molecular formula is C27H31F2N3O6. The number of hydrogen-bond donors (Lipinski definition) is 2. The van der Waals surface area contributed by atoms with Gasteiger partial charge in [-0.3, -0.25) is 9.69 Å². The first-order valence-corrected chi connectivity index (χ1v) is 12.3. The summed E-state index contributed by atoms with van der Waals surface area (Å²) in [5.74, 6) is -2.52. The molecule has 0 spiro atoms. The van der Waals surface area contributed by atoms with Crippen LogP contribution in [0.15, 0.2) is 48.5 Å². The highest BCUT2D eigenvalue weighted by molar-refractivity contribution is 5.87. The number of alkyl carbamates (subject to hydrolysis) is 1. The number of amides is 3. The van der Waals surface area contributed by atoms with Crippen molar-refractivity contribution in [2.45, 2.75) is 58.0 Å². The number of ether oxygens (including phenoxy) is 2. The lowest BCUT2D eigenvalue weighted by molar-refractivity contribution is -0.138. The fraction of sp³-hybridized carbons (Fsp3) is 0.444. The van der Waals surface area contributed by atoms with E-state index >= 15 is 0 Å². The Balaban J connectivity index is 1.52. The molecule has 2 saturated heterocycles. The van der Waals surface area contributed by atoms with Crippen LogP contribution < -0.4 is 10.1 Å². The molecule has 0 bridgehead atoms. The number of fused-ring (bicyclic) bond motifs is 1. The summed E-state index contributed by atoms with van der Waals surface area (Å²) >= 11 is 0. The first kappa shape index (κ1) is 27.2. The van der Waals surface area contributed by atoms with Gasteiger partial charge in [0.25, 0.3) is 0 Å². The summed E-state index contributed by atoms with van der Waals surface area (Å²) in [4.78, 5) is 41.1. The Morgan fingerprint density at radius 1 is 1.08 bits per heavy atom. The van der Waals surface area contributed by atoms with Gasteiger partial charge < -0.3 is 24.8 Å². The summed E-state index contributed by atoms with van der Waals surface area (Å²) in [7, 11) is 0. The lowest BCUT2D eigenvalue weighted by Crippen LogP contribution is -2.58. The molecule has 3 amide bonds. The first-order valence-electron chi connectivity index (χ1n) is 12.3. The second kappa shape index (κ2) is 10.8. The van der Waals surface area contributed by atoms with E-state index in [1.54, 1.807) is 20.8 Å². The summed E-state index contributed by atoms with van der Waals surface area (Å²) in [6.07, 6.45) is -2.37. The number of benzene rings is 2. The third-order valence-electron chi connectivity index (χ3n) is 6.87. The molecule has 204 valence electrons. The zero-order valence-electron chi connectivity index (χ0n) is 21.4. The maximum Gasteiger partial charge on any atom is 0.408 e. The number of carboxylic acid groups (broad SMARTS) is 1. The van der Waals surface area contributed by atoms with E-state index < -0.39 is 59.4 Å². The predicted octanol–water partition coefficient (Wildman–Crippen LogP) is 4.02. The molecule has 0 radical (unpaired) electrons. The third kappa shape index (κ3) is 5.81. The number of likely N-dealkylation sites (tertiary alicyclic amines) is 2. The molecule has 0 unspecified atom stereocenters. The molecule has 2 aliphatic rings. The van der Waals surface area contributed by atoms with Crippen molar-refractivity contribution in [1.82, 2.24) is 15.1 Å². The second-order valence-electron chi connectivity index (χ2n) is 10.6. The summed E-state index contributed by atoms with van der Waals surface area (Å²) in [5, 5.41) is 12.4. The van der Waals surface area contributed by atoms with E-state index in [9.17, 15) is 28.3 Å². The van der Waals surface area contributed by atoms with Gasteiger partial charge in [-0.05, 0) is 29.5 Å². The average molecular weight is 532 g/mol. The Morgan fingerprint density at radius 3 is 2.42 bits per heavy atom. The van der Waals surface area contributed by atoms with Gasteiger partial charge in [-0.25, -0.2) is 18.4 Å².